The van der Waals surface area contributed by atoms with Gasteiger partial charge in [-0.15, -0.1) is 12.4 Å². The van der Waals surface area contributed by atoms with Crippen LogP contribution in [0.15, 0.2) is 0 Å². The molecule has 0 aromatic heterocycles. The molecule has 1 N–H and O–H groups in total. The molecule has 1 heterocycles. The molecular formula is C10H23ClN2. The van der Waals surface area contributed by atoms with Crippen molar-refractivity contribution in [2.75, 3.05) is 26.2 Å². The molecule has 1 saturated heterocycles. The first-order chi connectivity index (χ1) is 5.75. The Kier molecular flexibility index (Phi) is 6.74. The Morgan fingerprint density at radius 2 is 2.15 bits per heavy atom. The van der Waals surface area contributed by atoms with E-state index in [-0.39, 0.29) is 12.4 Å². The quantitative estimate of drug-likeness (QED) is 0.741. The van der Waals surface area contributed by atoms with Crippen molar-refractivity contribution in [1.29, 1.82) is 0 Å². The van der Waals surface area contributed by atoms with Gasteiger partial charge in [-0.3, -0.25) is 4.90 Å². The molecule has 1 atom stereocenters. The summed E-state index contributed by atoms with van der Waals surface area (Å²) in [7, 11) is 0. The average molecular weight is 207 g/mol. The summed E-state index contributed by atoms with van der Waals surface area (Å²) in [6, 6.07) is 0.748. The van der Waals surface area contributed by atoms with Crippen LogP contribution >= 0.6 is 12.4 Å². The predicted octanol–water partition coefficient (Wildman–Crippen LogP) is 1.75. The SMILES string of the molecule is CCN1CCCNCC1C(C)C.Cl. The highest BCUT2D eigenvalue weighted by atomic mass is 35.5. The summed E-state index contributed by atoms with van der Waals surface area (Å²) in [5.41, 5.74) is 0. The smallest absolute Gasteiger partial charge is 0.0243 e. The maximum atomic E-state index is 3.50. The predicted molar refractivity (Wildman–Crippen MR) is 60.6 cm³/mol. The molecule has 3 heteroatoms. The van der Waals surface area contributed by atoms with Gasteiger partial charge < -0.3 is 5.32 Å². The van der Waals surface area contributed by atoms with Gasteiger partial charge in [-0.2, -0.15) is 0 Å². The standard InChI is InChI=1S/C10H22N2.ClH/c1-4-12-7-5-6-11-8-10(12)9(2)3;/h9-11H,4-8H2,1-3H3;1H. The van der Waals surface area contributed by atoms with Crippen LogP contribution in [0.1, 0.15) is 27.2 Å². The first kappa shape index (κ1) is 13.2. The number of likely N-dealkylation sites (N-methyl/N-ethyl adjacent to an activating group) is 1. The van der Waals surface area contributed by atoms with E-state index in [0.717, 1.165) is 12.0 Å². The van der Waals surface area contributed by atoms with Crippen LogP contribution in [0, 0.1) is 5.92 Å². The first-order valence-corrected chi connectivity index (χ1v) is 5.20. The Morgan fingerprint density at radius 3 is 2.69 bits per heavy atom. The van der Waals surface area contributed by atoms with Gasteiger partial charge in [0.2, 0.25) is 0 Å². The minimum Gasteiger partial charge on any atom is -0.315 e. The Morgan fingerprint density at radius 1 is 1.46 bits per heavy atom. The van der Waals surface area contributed by atoms with Gasteiger partial charge in [0, 0.05) is 12.6 Å². The lowest BCUT2D eigenvalue weighted by molar-refractivity contribution is 0.175. The molecule has 13 heavy (non-hydrogen) atoms. The number of hydrogen-bond donors (Lipinski definition) is 1. The van der Waals surface area contributed by atoms with Gasteiger partial charge in [-0.25, -0.2) is 0 Å². The lowest BCUT2D eigenvalue weighted by Crippen LogP contribution is -2.43. The van der Waals surface area contributed by atoms with Gasteiger partial charge >= 0.3 is 0 Å². The number of halogens is 1. The normalized spacial score (nSPS) is 25.4. The van der Waals surface area contributed by atoms with Gasteiger partial charge in [0.1, 0.15) is 0 Å². The molecule has 2 nitrogen and oxygen atoms in total. The summed E-state index contributed by atoms with van der Waals surface area (Å²) in [5.74, 6) is 0.774. The molecule has 0 spiro atoms. The Balaban J connectivity index is 0.00000144. The van der Waals surface area contributed by atoms with Crippen LogP contribution < -0.4 is 5.32 Å². The second-order valence-corrected chi connectivity index (χ2v) is 4.00. The van der Waals surface area contributed by atoms with Crippen molar-refractivity contribution in [3.63, 3.8) is 0 Å². The van der Waals surface area contributed by atoms with Crippen LogP contribution in [0.3, 0.4) is 0 Å². The molecule has 0 amide bonds. The van der Waals surface area contributed by atoms with Gasteiger partial charge in [-0.05, 0) is 32.0 Å². The fourth-order valence-corrected chi connectivity index (χ4v) is 2.00. The second kappa shape index (κ2) is 6.63. The third-order valence-corrected chi connectivity index (χ3v) is 2.80. The van der Waals surface area contributed by atoms with Gasteiger partial charge in [-0.1, -0.05) is 20.8 Å². The lowest BCUT2D eigenvalue weighted by Gasteiger charge is -2.31. The molecule has 1 fully saturated rings. The number of nitrogens with one attached hydrogen (secondary N) is 1. The molecule has 0 radical (unpaired) electrons. The van der Waals surface area contributed by atoms with Crippen molar-refractivity contribution in [2.24, 2.45) is 5.92 Å². The van der Waals surface area contributed by atoms with Gasteiger partial charge in [0.25, 0.3) is 0 Å². The van der Waals surface area contributed by atoms with Gasteiger partial charge in [0.05, 0.1) is 0 Å². The number of rotatable bonds is 2. The minimum atomic E-state index is 0. The van der Waals surface area contributed by atoms with E-state index in [4.69, 9.17) is 0 Å². The third-order valence-electron chi connectivity index (χ3n) is 2.80. The van der Waals surface area contributed by atoms with Crippen LogP contribution in [-0.4, -0.2) is 37.1 Å². The Bertz CT molecular complexity index is 128. The monoisotopic (exact) mass is 206 g/mol. The Labute approximate surface area is 88.5 Å². The highest BCUT2D eigenvalue weighted by Gasteiger charge is 2.21. The average Bonchev–Trinajstić information content (AvgIpc) is 2.27. The molecule has 0 aromatic rings. The molecule has 1 aliphatic heterocycles. The summed E-state index contributed by atoms with van der Waals surface area (Å²) in [6.07, 6.45) is 1.30. The fourth-order valence-electron chi connectivity index (χ4n) is 2.00. The van der Waals surface area contributed by atoms with Crippen molar-refractivity contribution in [1.82, 2.24) is 10.2 Å². The van der Waals surface area contributed by atoms with E-state index in [2.05, 4.69) is 31.0 Å². The highest BCUT2D eigenvalue weighted by molar-refractivity contribution is 5.85. The van der Waals surface area contributed by atoms with E-state index in [1.165, 1.54) is 32.6 Å². The summed E-state index contributed by atoms with van der Waals surface area (Å²) < 4.78 is 0. The number of hydrogen-bond acceptors (Lipinski definition) is 2. The molecular weight excluding hydrogens is 184 g/mol. The van der Waals surface area contributed by atoms with E-state index >= 15 is 0 Å². The molecule has 0 bridgehead atoms. The van der Waals surface area contributed by atoms with E-state index < -0.39 is 0 Å². The van der Waals surface area contributed by atoms with Gasteiger partial charge in [0.15, 0.2) is 0 Å². The van der Waals surface area contributed by atoms with Crippen molar-refractivity contribution < 1.29 is 0 Å². The molecule has 1 unspecified atom stereocenters. The zero-order chi connectivity index (χ0) is 8.97. The second-order valence-electron chi connectivity index (χ2n) is 4.00. The Hall–Kier alpha value is 0.210. The highest BCUT2D eigenvalue weighted by Crippen LogP contribution is 2.12. The van der Waals surface area contributed by atoms with Crippen LogP contribution in [0.2, 0.25) is 0 Å². The molecule has 0 saturated carbocycles. The van der Waals surface area contributed by atoms with Crippen molar-refractivity contribution in [3.8, 4) is 0 Å². The third kappa shape index (κ3) is 3.84. The molecule has 0 aliphatic carbocycles. The lowest BCUT2D eigenvalue weighted by atomic mass is 10.0. The van der Waals surface area contributed by atoms with E-state index in [1.807, 2.05) is 0 Å². The minimum absolute atomic E-state index is 0. The maximum absolute atomic E-state index is 3.50. The topological polar surface area (TPSA) is 15.3 Å². The van der Waals surface area contributed by atoms with Crippen LogP contribution in [0.5, 0.6) is 0 Å². The van der Waals surface area contributed by atoms with Crippen molar-refractivity contribution >= 4 is 12.4 Å². The van der Waals surface area contributed by atoms with Crippen molar-refractivity contribution in [2.45, 2.75) is 33.2 Å². The molecule has 0 aromatic carbocycles. The summed E-state index contributed by atoms with van der Waals surface area (Å²) >= 11 is 0. The number of nitrogens with zero attached hydrogens (tertiary/aromatic N) is 1. The largest absolute Gasteiger partial charge is 0.315 e. The molecule has 80 valence electrons. The summed E-state index contributed by atoms with van der Waals surface area (Å²) in [6.45, 7) is 11.7. The fraction of sp³-hybridized carbons (Fsp3) is 1.00. The maximum Gasteiger partial charge on any atom is 0.0243 e. The molecule has 1 aliphatic rings. The van der Waals surface area contributed by atoms with E-state index in [9.17, 15) is 0 Å². The van der Waals surface area contributed by atoms with Crippen LogP contribution in [0.4, 0.5) is 0 Å². The van der Waals surface area contributed by atoms with Crippen LogP contribution in [-0.2, 0) is 0 Å². The summed E-state index contributed by atoms with van der Waals surface area (Å²) in [4.78, 5) is 2.60. The molecule has 1 rings (SSSR count). The van der Waals surface area contributed by atoms with E-state index in [1.54, 1.807) is 0 Å². The van der Waals surface area contributed by atoms with E-state index in [0.29, 0.717) is 0 Å². The summed E-state index contributed by atoms with van der Waals surface area (Å²) in [5, 5.41) is 3.50. The zero-order valence-corrected chi connectivity index (χ0v) is 9.86. The zero-order valence-electron chi connectivity index (χ0n) is 9.05. The first-order valence-electron chi connectivity index (χ1n) is 5.20. The van der Waals surface area contributed by atoms with Crippen LogP contribution in [0.25, 0.3) is 0 Å². The van der Waals surface area contributed by atoms with Crippen molar-refractivity contribution in [3.05, 3.63) is 0 Å².